The van der Waals surface area contributed by atoms with Gasteiger partial charge in [0.05, 0.1) is 5.69 Å². The number of carbonyl (C=O) groups excluding carboxylic acids is 5. The lowest BCUT2D eigenvalue weighted by molar-refractivity contribution is -0.271. The number of hydrogen-bond acceptors (Lipinski definition) is 14. The number of alkyl carbamates (subject to hydrolysis) is 1. The summed E-state index contributed by atoms with van der Waals surface area (Å²) in [6.45, 7) is 0.727. The number of carboxylic acids is 1. The van der Waals surface area contributed by atoms with Crippen LogP contribution in [-0.2, 0) is 56.7 Å². The van der Waals surface area contributed by atoms with Gasteiger partial charge in [-0.25, -0.2) is 14.4 Å². The summed E-state index contributed by atoms with van der Waals surface area (Å²) in [5, 5.41) is 49.8. The van der Waals surface area contributed by atoms with Crippen LogP contribution in [0.1, 0.15) is 51.0 Å². The van der Waals surface area contributed by atoms with Gasteiger partial charge in [0.1, 0.15) is 49.1 Å². The van der Waals surface area contributed by atoms with Crippen LogP contribution in [0, 0.1) is 0 Å². The standard InChI is InChI=1S/C43H44N6O14/c44-30-16-25(6-13-32(30)62-41-36(53)34(51)35(52)37(63-41)40(56)57)21-61-43(59)46-17-22-1-3-23(4-2-22)20-60-28-9-7-27(8-10-28)47-42(58)45-18-24-5-11-29-26(15-24)19-49(39(29)55)31-12-14-33(50)48-38(31)54/h1-11,13,15-16,31,34-37,41,51-53H,12,14,17-21,44H2,(H,46,59)(H,56,57)(H2,45,47,58)(H,48,50,54)/t31?,34-,35-,36+,37-,41+/m0/s1. The maximum absolute atomic E-state index is 12.9. The minimum atomic E-state index is -1.87. The fourth-order valence-electron chi connectivity index (χ4n) is 7.09. The highest BCUT2D eigenvalue weighted by Gasteiger charge is 2.48. The number of hydrogen-bond donors (Lipinski definition) is 9. The molecule has 63 heavy (non-hydrogen) atoms. The first-order valence-electron chi connectivity index (χ1n) is 19.7. The lowest BCUT2D eigenvalue weighted by Gasteiger charge is -2.38. The van der Waals surface area contributed by atoms with Gasteiger partial charge in [-0.2, -0.15) is 0 Å². The molecule has 6 amide bonds. The summed E-state index contributed by atoms with van der Waals surface area (Å²) in [5.41, 5.74) is 10.8. The molecule has 0 aliphatic carbocycles. The smallest absolute Gasteiger partial charge is 0.407 e. The number of urea groups is 1. The minimum absolute atomic E-state index is 0.00206. The van der Waals surface area contributed by atoms with E-state index in [4.69, 9.17) is 24.7 Å². The van der Waals surface area contributed by atoms with Crippen LogP contribution >= 0.6 is 0 Å². The number of fused-ring (bicyclic) bond motifs is 1. The van der Waals surface area contributed by atoms with Crippen molar-refractivity contribution in [1.82, 2.24) is 20.9 Å². The Bertz CT molecular complexity index is 2380. The molecule has 3 heterocycles. The number of carboxylic acid groups (broad SMARTS) is 1. The molecule has 3 aliphatic heterocycles. The molecule has 4 aromatic rings. The van der Waals surface area contributed by atoms with Gasteiger partial charge in [-0.15, -0.1) is 0 Å². The number of amides is 6. The predicted octanol–water partition coefficient (Wildman–Crippen LogP) is 1.63. The second-order valence-electron chi connectivity index (χ2n) is 15.0. The monoisotopic (exact) mass is 868 g/mol. The Kier molecular flexibility index (Phi) is 13.4. The normalized spacial score (nSPS) is 21.8. The van der Waals surface area contributed by atoms with E-state index in [0.717, 1.165) is 22.3 Å². The van der Waals surface area contributed by atoms with Gasteiger partial charge < -0.3 is 66.0 Å². The summed E-state index contributed by atoms with van der Waals surface area (Å²) in [7, 11) is 0. The molecule has 10 N–H and O–H groups in total. The van der Waals surface area contributed by atoms with E-state index < -0.39 is 60.7 Å². The number of nitrogens with zero attached hydrogens (tertiary/aromatic N) is 1. The van der Waals surface area contributed by atoms with Crippen molar-refractivity contribution in [3.63, 3.8) is 0 Å². The zero-order valence-electron chi connectivity index (χ0n) is 33.4. The largest absolute Gasteiger partial charge is 0.489 e. The number of nitrogens with one attached hydrogen (secondary N) is 4. The van der Waals surface area contributed by atoms with Crippen LogP contribution < -0.4 is 36.5 Å². The maximum atomic E-state index is 12.9. The predicted molar refractivity (Wildman–Crippen MR) is 218 cm³/mol. The minimum Gasteiger partial charge on any atom is -0.489 e. The van der Waals surface area contributed by atoms with Crippen molar-refractivity contribution in [2.75, 3.05) is 11.1 Å². The molecule has 0 radical (unpaired) electrons. The van der Waals surface area contributed by atoms with Gasteiger partial charge in [-0.3, -0.25) is 19.7 Å². The third-order valence-electron chi connectivity index (χ3n) is 10.5. The molecule has 3 aliphatic rings. The second-order valence-corrected chi connectivity index (χ2v) is 15.0. The number of benzene rings is 4. The third kappa shape index (κ3) is 10.6. The van der Waals surface area contributed by atoms with Crippen LogP contribution in [-0.4, -0.2) is 97.9 Å². The Balaban J connectivity index is 0.792. The van der Waals surface area contributed by atoms with E-state index in [1.165, 1.54) is 23.1 Å². The van der Waals surface area contributed by atoms with Crippen molar-refractivity contribution < 1.29 is 68.1 Å². The molecule has 0 bridgehead atoms. The molecule has 6 atom stereocenters. The van der Waals surface area contributed by atoms with Crippen LogP contribution in [0.4, 0.5) is 21.0 Å². The van der Waals surface area contributed by atoms with Crippen LogP contribution in [0.3, 0.4) is 0 Å². The lowest BCUT2D eigenvalue weighted by Crippen LogP contribution is -2.61. The summed E-state index contributed by atoms with van der Waals surface area (Å²) < 4.78 is 21.8. The van der Waals surface area contributed by atoms with Crippen molar-refractivity contribution >= 4 is 47.2 Å². The highest BCUT2D eigenvalue weighted by Crippen LogP contribution is 2.30. The number of piperidine rings is 1. The zero-order chi connectivity index (χ0) is 44.8. The number of nitrogens with two attached hydrogens (primary N) is 1. The van der Waals surface area contributed by atoms with Gasteiger partial charge in [0.2, 0.25) is 18.1 Å². The van der Waals surface area contributed by atoms with E-state index in [-0.39, 0.29) is 68.9 Å². The first kappa shape index (κ1) is 43.8. The average Bonchev–Trinajstić information content (AvgIpc) is 3.59. The molecule has 1 unspecified atom stereocenters. The van der Waals surface area contributed by atoms with Crippen molar-refractivity contribution in [3.8, 4) is 11.5 Å². The molecule has 0 aromatic heterocycles. The van der Waals surface area contributed by atoms with Gasteiger partial charge in [0.15, 0.2) is 6.10 Å². The average molecular weight is 869 g/mol. The number of anilines is 2. The van der Waals surface area contributed by atoms with Gasteiger partial charge in [-0.05, 0) is 76.7 Å². The summed E-state index contributed by atoms with van der Waals surface area (Å²) in [5.74, 6) is -2.07. The number of rotatable bonds is 14. The Morgan fingerprint density at radius 3 is 2.22 bits per heavy atom. The Labute approximate surface area is 358 Å². The highest BCUT2D eigenvalue weighted by atomic mass is 16.7. The van der Waals surface area contributed by atoms with E-state index in [2.05, 4.69) is 21.3 Å². The van der Waals surface area contributed by atoms with E-state index >= 15 is 0 Å². The topological polar surface area (TPSA) is 298 Å². The molecule has 0 saturated carbocycles. The van der Waals surface area contributed by atoms with Gasteiger partial charge in [0, 0.05) is 37.3 Å². The number of carbonyl (C=O) groups is 6. The molecule has 2 saturated heterocycles. The van der Waals surface area contributed by atoms with Gasteiger partial charge in [0.25, 0.3) is 5.91 Å². The summed E-state index contributed by atoms with van der Waals surface area (Å²) in [4.78, 5) is 74.7. The second kappa shape index (κ2) is 19.2. The first-order chi connectivity index (χ1) is 30.2. The quantitative estimate of drug-likeness (QED) is 0.0643. The van der Waals surface area contributed by atoms with Crippen LogP contribution in [0.2, 0.25) is 0 Å². The summed E-state index contributed by atoms with van der Waals surface area (Å²) >= 11 is 0. The highest BCUT2D eigenvalue weighted by molar-refractivity contribution is 6.05. The lowest BCUT2D eigenvalue weighted by atomic mass is 9.99. The van der Waals surface area contributed by atoms with Crippen LogP contribution in [0.25, 0.3) is 0 Å². The number of aliphatic carboxylic acids is 1. The van der Waals surface area contributed by atoms with Crippen molar-refractivity contribution in [2.45, 2.75) is 82.4 Å². The van der Waals surface area contributed by atoms with E-state index in [0.29, 0.717) is 22.6 Å². The molecule has 7 rings (SSSR count). The molecular formula is C43H44N6O14. The van der Waals surface area contributed by atoms with Gasteiger partial charge >= 0.3 is 18.1 Å². The van der Waals surface area contributed by atoms with Crippen molar-refractivity contribution in [2.24, 2.45) is 0 Å². The Hall–Kier alpha value is -7.26. The molecule has 0 spiro atoms. The maximum Gasteiger partial charge on any atom is 0.407 e. The number of ether oxygens (including phenoxy) is 4. The summed E-state index contributed by atoms with van der Waals surface area (Å²) in [6, 6.07) is 22.7. The molecule has 330 valence electrons. The Morgan fingerprint density at radius 2 is 1.51 bits per heavy atom. The zero-order valence-corrected chi connectivity index (χ0v) is 33.4. The van der Waals surface area contributed by atoms with E-state index in [1.54, 1.807) is 36.4 Å². The molecule has 20 nitrogen and oxygen atoms in total. The van der Waals surface area contributed by atoms with Gasteiger partial charge in [-0.1, -0.05) is 42.5 Å². The SMILES string of the molecule is Nc1cc(COC(=O)NCc2ccc(COc3ccc(NC(=O)NCc4ccc5c(c4)CN(C4CCC(=O)NC4=O)C5=O)cc3)cc2)ccc1O[C@@H]1O[C@H](C(=O)O)[C@@H](O)[C@H](O)[C@H]1O. The molecular weight excluding hydrogens is 825 g/mol. The van der Waals surface area contributed by atoms with E-state index in [9.17, 15) is 49.2 Å². The van der Waals surface area contributed by atoms with E-state index in [1.807, 2.05) is 30.3 Å². The van der Waals surface area contributed by atoms with Crippen LogP contribution in [0.15, 0.2) is 84.9 Å². The summed E-state index contributed by atoms with van der Waals surface area (Å²) in [6.07, 6.45) is -9.18. The van der Waals surface area contributed by atoms with Crippen molar-refractivity contribution in [1.29, 1.82) is 0 Å². The van der Waals surface area contributed by atoms with Crippen molar-refractivity contribution in [3.05, 3.63) is 118 Å². The first-order valence-corrected chi connectivity index (χ1v) is 19.7. The Morgan fingerprint density at radius 1 is 0.810 bits per heavy atom. The third-order valence-corrected chi connectivity index (χ3v) is 10.5. The number of aliphatic hydroxyl groups excluding tert-OH is 3. The fraction of sp³-hybridized carbons (Fsp3) is 0.302. The molecule has 4 aromatic carbocycles. The number of nitrogen functional groups attached to an aromatic ring is 1. The molecule has 2 fully saturated rings. The number of aliphatic hydroxyl groups is 3. The number of imide groups is 1. The molecule has 20 heteroatoms. The van der Waals surface area contributed by atoms with Crippen LogP contribution in [0.5, 0.6) is 11.5 Å². The fourth-order valence-corrected chi connectivity index (χ4v) is 7.09.